The number of Topliss-reactive ketones (excluding diaryl/α,β-unsaturated/α-hetero) is 1. The van der Waals surface area contributed by atoms with Gasteiger partial charge in [-0.2, -0.15) is 0 Å². The normalized spacial score (nSPS) is 44.5. The zero-order valence-electron chi connectivity index (χ0n) is 16.3. The summed E-state index contributed by atoms with van der Waals surface area (Å²) in [6.45, 7) is 7.78. The predicted molar refractivity (Wildman–Crippen MR) is 96.9 cm³/mol. The van der Waals surface area contributed by atoms with Crippen LogP contribution >= 0.6 is 0 Å². The van der Waals surface area contributed by atoms with Crippen molar-refractivity contribution in [1.82, 2.24) is 0 Å². The van der Waals surface area contributed by atoms with Gasteiger partial charge in [0.05, 0.1) is 24.2 Å². The third-order valence-corrected chi connectivity index (χ3v) is 6.80. The quantitative estimate of drug-likeness (QED) is 0.541. The Kier molecular flexibility index (Phi) is 6.29. The first kappa shape index (κ1) is 21.7. The van der Waals surface area contributed by atoms with Crippen LogP contribution in [-0.4, -0.2) is 58.3 Å². The van der Waals surface area contributed by atoms with Gasteiger partial charge in [0.1, 0.15) is 11.9 Å². The summed E-state index contributed by atoms with van der Waals surface area (Å²) in [5.74, 6) is -0.799. The van der Waals surface area contributed by atoms with Gasteiger partial charge in [0.2, 0.25) is 0 Å². The average molecular weight is 382 g/mol. The molecule has 0 aromatic rings. The van der Waals surface area contributed by atoms with Gasteiger partial charge in [0, 0.05) is 17.8 Å². The largest absolute Gasteiger partial charge is 0.483 e. The third-order valence-electron chi connectivity index (χ3n) is 6.80. The summed E-state index contributed by atoms with van der Waals surface area (Å²) < 4.78 is 5.73. The standard InChI is InChI=1S/C17H22O5.C2H6.CH2O2/c1-8-3-12(19)15(21)16(2)10(8)5-13(20)17-6-9(22-7-17)4-11(18)14(16)17;1-2;2-1-3/h3,9-11,14-15,18,21H,4-7H2,1-2H3;1-2H3;1H,(H,2,3)/t9?,10-,11?,14+,15?,16?,17?;;/m0../s1. The molecular weight excluding hydrogens is 352 g/mol. The Morgan fingerprint density at radius 1 is 1.26 bits per heavy atom. The maximum atomic E-state index is 12.9. The van der Waals surface area contributed by atoms with Crippen molar-refractivity contribution in [3.8, 4) is 0 Å². The minimum absolute atomic E-state index is 0.0802. The number of aliphatic hydroxyl groups is 2. The number of carbonyl (C=O) groups excluding carboxylic acids is 2. The molecule has 1 saturated heterocycles. The number of hydrogen-bond donors (Lipinski definition) is 3. The van der Waals surface area contributed by atoms with Crippen LogP contribution in [0.3, 0.4) is 0 Å². The maximum Gasteiger partial charge on any atom is 0.290 e. The maximum absolute atomic E-state index is 12.9. The van der Waals surface area contributed by atoms with Gasteiger partial charge in [-0.15, -0.1) is 0 Å². The Hall–Kier alpha value is -1.57. The van der Waals surface area contributed by atoms with E-state index in [1.54, 1.807) is 0 Å². The van der Waals surface area contributed by atoms with E-state index >= 15 is 0 Å². The number of carbonyl (C=O) groups is 3. The molecule has 0 radical (unpaired) electrons. The zero-order valence-corrected chi connectivity index (χ0v) is 16.3. The van der Waals surface area contributed by atoms with Crippen molar-refractivity contribution in [2.75, 3.05) is 6.61 Å². The number of hydrogen-bond acceptors (Lipinski definition) is 6. The molecule has 152 valence electrons. The first-order chi connectivity index (χ1) is 12.7. The van der Waals surface area contributed by atoms with Gasteiger partial charge in [-0.25, -0.2) is 0 Å². The molecule has 7 heteroatoms. The molecule has 5 unspecified atom stereocenters. The van der Waals surface area contributed by atoms with E-state index in [1.807, 2.05) is 27.7 Å². The number of carboxylic acid groups (broad SMARTS) is 1. The van der Waals surface area contributed by atoms with E-state index in [-0.39, 0.29) is 30.1 Å². The van der Waals surface area contributed by atoms with Crippen molar-refractivity contribution < 1.29 is 34.4 Å². The van der Waals surface area contributed by atoms with Gasteiger partial charge >= 0.3 is 0 Å². The van der Waals surface area contributed by atoms with Crippen LogP contribution in [0.1, 0.15) is 47.0 Å². The number of aliphatic hydroxyl groups excluding tert-OH is 2. The second-order valence-electron chi connectivity index (χ2n) is 7.92. The molecule has 0 amide bonds. The van der Waals surface area contributed by atoms with E-state index in [9.17, 15) is 19.8 Å². The fourth-order valence-electron chi connectivity index (χ4n) is 5.86. The molecule has 0 aromatic heterocycles. The lowest BCUT2D eigenvalue weighted by Gasteiger charge is -2.60. The van der Waals surface area contributed by atoms with Crippen LogP contribution in [-0.2, 0) is 19.1 Å². The lowest BCUT2D eigenvalue weighted by molar-refractivity contribution is -0.185. The molecule has 3 fully saturated rings. The van der Waals surface area contributed by atoms with Crippen LogP contribution in [0.4, 0.5) is 0 Å². The van der Waals surface area contributed by atoms with Gasteiger partial charge in [-0.3, -0.25) is 14.4 Å². The highest BCUT2D eigenvalue weighted by Gasteiger charge is 2.70. The SMILES string of the molecule is CC.CC1=CC(=O)C(O)C2(C)[C@H]1CC(=O)C13COC(CC(O)[C@@H]12)C3.O=CO. The highest BCUT2D eigenvalue weighted by molar-refractivity contribution is 5.97. The molecule has 4 rings (SSSR count). The van der Waals surface area contributed by atoms with Crippen molar-refractivity contribution >= 4 is 18.0 Å². The highest BCUT2D eigenvalue weighted by Crippen LogP contribution is 2.64. The summed E-state index contributed by atoms with van der Waals surface area (Å²) in [5.41, 5.74) is -0.691. The molecule has 1 heterocycles. The molecule has 7 atom stereocenters. The Balaban J connectivity index is 0.000000478. The molecule has 3 N–H and O–H groups in total. The highest BCUT2D eigenvalue weighted by atomic mass is 16.5. The first-order valence-corrected chi connectivity index (χ1v) is 9.53. The average Bonchev–Trinajstić information content (AvgIpc) is 2.96. The van der Waals surface area contributed by atoms with E-state index in [0.717, 1.165) is 5.57 Å². The van der Waals surface area contributed by atoms with E-state index in [0.29, 0.717) is 25.9 Å². The second-order valence-corrected chi connectivity index (χ2v) is 7.92. The second kappa shape index (κ2) is 7.81. The summed E-state index contributed by atoms with van der Waals surface area (Å²) in [7, 11) is 0. The van der Waals surface area contributed by atoms with Crippen LogP contribution in [0.5, 0.6) is 0 Å². The first-order valence-electron chi connectivity index (χ1n) is 9.53. The monoisotopic (exact) mass is 382 g/mol. The van der Waals surface area contributed by atoms with Crippen LogP contribution < -0.4 is 0 Å². The lowest BCUT2D eigenvalue weighted by atomic mass is 9.43. The molecule has 3 aliphatic carbocycles. The van der Waals surface area contributed by atoms with Gasteiger partial charge in [0.25, 0.3) is 6.47 Å². The lowest BCUT2D eigenvalue weighted by Crippen LogP contribution is -2.66. The van der Waals surface area contributed by atoms with E-state index in [2.05, 4.69) is 0 Å². The van der Waals surface area contributed by atoms with Crippen molar-refractivity contribution in [1.29, 1.82) is 0 Å². The summed E-state index contributed by atoms with van der Waals surface area (Å²) in [4.78, 5) is 33.5. The summed E-state index contributed by atoms with van der Waals surface area (Å²) in [6.07, 6.45) is 0.914. The Morgan fingerprint density at radius 2 is 1.85 bits per heavy atom. The van der Waals surface area contributed by atoms with Crippen LogP contribution in [0.15, 0.2) is 11.6 Å². The van der Waals surface area contributed by atoms with Gasteiger partial charge in [0.15, 0.2) is 5.78 Å². The predicted octanol–water partition coefficient (Wildman–Crippen LogP) is 1.35. The molecule has 27 heavy (non-hydrogen) atoms. The molecule has 7 nitrogen and oxygen atoms in total. The van der Waals surface area contributed by atoms with Crippen molar-refractivity contribution in [2.24, 2.45) is 22.7 Å². The smallest absolute Gasteiger partial charge is 0.290 e. The fourth-order valence-corrected chi connectivity index (χ4v) is 5.86. The zero-order chi connectivity index (χ0) is 20.6. The Labute approximate surface area is 159 Å². The fraction of sp³-hybridized carbons (Fsp3) is 0.750. The van der Waals surface area contributed by atoms with E-state index < -0.39 is 29.0 Å². The number of ether oxygens (including phenoxy) is 1. The van der Waals surface area contributed by atoms with Gasteiger partial charge in [-0.1, -0.05) is 26.3 Å². The van der Waals surface area contributed by atoms with Gasteiger partial charge in [-0.05, 0) is 31.8 Å². The minimum atomic E-state index is -1.16. The molecule has 1 spiro atoms. The van der Waals surface area contributed by atoms with Crippen LogP contribution in [0.25, 0.3) is 0 Å². The summed E-state index contributed by atoms with van der Waals surface area (Å²) in [6, 6.07) is 0. The molecule has 2 saturated carbocycles. The number of allylic oxidation sites excluding steroid dienone is 1. The number of ketones is 2. The molecule has 2 bridgehead atoms. The number of fused-ring (bicyclic) bond motifs is 3. The van der Waals surface area contributed by atoms with Crippen molar-refractivity contribution in [3.05, 3.63) is 11.6 Å². The van der Waals surface area contributed by atoms with E-state index in [1.165, 1.54) is 6.08 Å². The minimum Gasteiger partial charge on any atom is -0.483 e. The molecule has 0 aromatic carbocycles. The molecule has 1 aliphatic heterocycles. The third kappa shape index (κ3) is 3.05. The Bertz CT molecular complexity index is 642. The number of rotatable bonds is 0. The van der Waals surface area contributed by atoms with E-state index in [4.69, 9.17) is 14.6 Å². The van der Waals surface area contributed by atoms with Crippen molar-refractivity contribution in [3.63, 3.8) is 0 Å². The van der Waals surface area contributed by atoms with Crippen LogP contribution in [0, 0.1) is 22.7 Å². The molecule has 4 aliphatic rings. The van der Waals surface area contributed by atoms with Crippen LogP contribution in [0.2, 0.25) is 0 Å². The summed E-state index contributed by atoms with van der Waals surface area (Å²) in [5, 5.41) is 28.3. The Morgan fingerprint density at radius 3 is 2.44 bits per heavy atom. The van der Waals surface area contributed by atoms with Gasteiger partial charge < -0.3 is 20.1 Å². The molecular formula is C20H30O7. The topological polar surface area (TPSA) is 121 Å². The summed E-state index contributed by atoms with van der Waals surface area (Å²) >= 11 is 0. The van der Waals surface area contributed by atoms with Crippen molar-refractivity contribution in [2.45, 2.75) is 65.3 Å².